The molecule has 4 rings (SSSR count). The second kappa shape index (κ2) is 6.36. The molecule has 2 heterocycles. The maximum atomic E-state index is 13.5. The van der Waals surface area contributed by atoms with Crippen molar-refractivity contribution in [3.05, 3.63) is 95.2 Å². The Morgan fingerprint density at radius 2 is 1.68 bits per heavy atom. The van der Waals surface area contributed by atoms with Crippen LogP contribution in [0.3, 0.4) is 0 Å². The van der Waals surface area contributed by atoms with Crippen LogP contribution in [0.2, 0.25) is 0 Å². The van der Waals surface area contributed by atoms with Crippen molar-refractivity contribution in [3.8, 4) is 16.8 Å². The third kappa shape index (κ3) is 2.64. The lowest BCUT2D eigenvalue weighted by molar-refractivity contribution is 0.889. The number of rotatable bonds is 3. The fourth-order valence-corrected chi connectivity index (χ4v) is 3.31. The van der Waals surface area contributed by atoms with E-state index >= 15 is 0 Å². The van der Waals surface area contributed by atoms with E-state index in [1.54, 1.807) is 12.4 Å². The molecule has 0 saturated heterocycles. The van der Waals surface area contributed by atoms with Gasteiger partial charge in [-0.2, -0.15) is 0 Å². The average molecular weight is 326 g/mol. The Kier molecular flexibility index (Phi) is 3.90. The number of hydrogen-bond acceptors (Lipinski definition) is 2. The van der Waals surface area contributed by atoms with Crippen molar-refractivity contribution in [2.75, 3.05) is 0 Å². The van der Waals surface area contributed by atoms with Crippen LogP contribution in [0.25, 0.3) is 27.6 Å². The molecule has 2 aromatic carbocycles. The number of pyridine rings is 2. The van der Waals surface area contributed by atoms with Gasteiger partial charge in [0.1, 0.15) is 0 Å². The Hall–Kier alpha value is -3.20. The Morgan fingerprint density at radius 3 is 2.40 bits per heavy atom. The Bertz CT molecular complexity index is 1080. The smallest absolute Gasteiger partial charge is 0.263 e. The van der Waals surface area contributed by atoms with Gasteiger partial charge in [0.2, 0.25) is 0 Å². The summed E-state index contributed by atoms with van der Waals surface area (Å²) in [4.78, 5) is 17.5. The quantitative estimate of drug-likeness (QED) is 0.551. The summed E-state index contributed by atoms with van der Waals surface area (Å²) in [5.41, 5.74) is 3.87. The summed E-state index contributed by atoms with van der Waals surface area (Å²) >= 11 is 0. The molecule has 0 fully saturated rings. The van der Waals surface area contributed by atoms with Crippen molar-refractivity contribution in [1.29, 1.82) is 0 Å². The van der Waals surface area contributed by atoms with Crippen LogP contribution < -0.4 is 5.56 Å². The fourth-order valence-electron chi connectivity index (χ4n) is 3.31. The zero-order valence-corrected chi connectivity index (χ0v) is 14.0. The van der Waals surface area contributed by atoms with Crippen molar-refractivity contribution >= 4 is 10.8 Å². The zero-order valence-electron chi connectivity index (χ0n) is 14.0. The summed E-state index contributed by atoms with van der Waals surface area (Å²) in [7, 11) is 0. The maximum absolute atomic E-state index is 13.5. The molecule has 0 bridgehead atoms. The van der Waals surface area contributed by atoms with Crippen LogP contribution in [-0.2, 0) is 6.42 Å². The van der Waals surface area contributed by atoms with Crippen LogP contribution in [-0.4, -0.2) is 9.55 Å². The highest BCUT2D eigenvalue weighted by molar-refractivity contribution is 5.96. The van der Waals surface area contributed by atoms with E-state index < -0.39 is 0 Å². The number of benzene rings is 2. The van der Waals surface area contributed by atoms with Gasteiger partial charge in [0.25, 0.3) is 5.56 Å². The number of nitrogens with zero attached hydrogens (tertiary/aromatic N) is 2. The molecule has 4 aromatic rings. The molecule has 2 aromatic heterocycles. The molecule has 122 valence electrons. The van der Waals surface area contributed by atoms with E-state index in [1.165, 1.54) is 0 Å². The van der Waals surface area contributed by atoms with Gasteiger partial charge >= 0.3 is 0 Å². The molecule has 25 heavy (non-hydrogen) atoms. The molecule has 0 unspecified atom stereocenters. The first-order valence-corrected chi connectivity index (χ1v) is 8.43. The molecule has 0 aliphatic rings. The minimum absolute atomic E-state index is 0.0213. The number of hydrogen-bond donors (Lipinski definition) is 0. The number of fused-ring (bicyclic) bond motifs is 1. The standard InChI is InChI=1S/C22H18N2O/c1-2-18-15-17-7-6-10-20(16-11-13-23-14-12-16)21(17)22(25)24(18)19-8-4-3-5-9-19/h3-15H,2H2,1H3. The highest BCUT2D eigenvalue weighted by Crippen LogP contribution is 2.27. The summed E-state index contributed by atoms with van der Waals surface area (Å²) in [6.07, 6.45) is 4.30. The highest BCUT2D eigenvalue weighted by Gasteiger charge is 2.13. The molecule has 3 nitrogen and oxygen atoms in total. The van der Waals surface area contributed by atoms with Crippen molar-refractivity contribution in [3.63, 3.8) is 0 Å². The van der Waals surface area contributed by atoms with E-state index in [0.717, 1.165) is 39.7 Å². The lowest BCUT2D eigenvalue weighted by atomic mass is 9.99. The lowest BCUT2D eigenvalue weighted by Crippen LogP contribution is -2.22. The number of para-hydroxylation sites is 1. The Labute approximate surface area is 146 Å². The third-order valence-electron chi connectivity index (χ3n) is 4.49. The number of aromatic nitrogens is 2. The first kappa shape index (κ1) is 15.3. The highest BCUT2D eigenvalue weighted by atomic mass is 16.1. The summed E-state index contributed by atoms with van der Waals surface area (Å²) in [5.74, 6) is 0. The van der Waals surface area contributed by atoms with E-state index in [0.29, 0.717) is 0 Å². The monoisotopic (exact) mass is 326 g/mol. The first-order valence-electron chi connectivity index (χ1n) is 8.43. The van der Waals surface area contributed by atoms with Crippen LogP contribution in [0.1, 0.15) is 12.6 Å². The molecule has 3 heteroatoms. The van der Waals surface area contributed by atoms with E-state index in [4.69, 9.17) is 0 Å². The molecule has 0 N–H and O–H groups in total. The summed E-state index contributed by atoms with van der Waals surface area (Å²) in [6.45, 7) is 2.08. The van der Waals surface area contributed by atoms with Gasteiger partial charge in [-0.15, -0.1) is 0 Å². The molecule has 0 amide bonds. The van der Waals surface area contributed by atoms with Gasteiger partial charge in [-0.25, -0.2) is 0 Å². The third-order valence-corrected chi connectivity index (χ3v) is 4.49. The zero-order chi connectivity index (χ0) is 17.2. The van der Waals surface area contributed by atoms with Crippen molar-refractivity contribution < 1.29 is 0 Å². The van der Waals surface area contributed by atoms with Gasteiger partial charge in [-0.05, 0) is 53.3 Å². The number of aryl methyl sites for hydroxylation is 1. The van der Waals surface area contributed by atoms with Gasteiger partial charge in [0, 0.05) is 23.8 Å². The minimum Gasteiger partial charge on any atom is -0.281 e. The van der Waals surface area contributed by atoms with Crippen LogP contribution in [0.5, 0.6) is 0 Å². The van der Waals surface area contributed by atoms with Crippen molar-refractivity contribution in [2.45, 2.75) is 13.3 Å². The van der Waals surface area contributed by atoms with Gasteiger partial charge in [0.05, 0.1) is 5.39 Å². The molecule has 0 saturated carbocycles. The summed E-state index contributed by atoms with van der Waals surface area (Å²) in [5, 5.41) is 1.72. The molecular formula is C22H18N2O. The van der Waals surface area contributed by atoms with Gasteiger partial charge in [-0.3, -0.25) is 14.3 Å². The Morgan fingerprint density at radius 1 is 0.920 bits per heavy atom. The van der Waals surface area contributed by atoms with Gasteiger partial charge in [-0.1, -0.05) is 43.3 Å². The van der Waals surface area contributed by atoms with E-state index in [9.17, 15) is 4.79 Å². The van der Waals surface area contributed by atoms with E-state index in [1.807, 2.05) is 65.2 Å². The van der Waals surface area contributed by atoms with Gasteiger partial charge < -0.3 is 0 Å². The minimum atomic E-state index is 0.0213. The second-order valence-corrected chi connectivity index (χ2v) is 5.97. The van der Waals surface area contributed by atoms with Crippen LogP contribution >= 0.6 is 0 Å². The molecule has 0 spiro atoms. The van der Waals surface area contributed by atoms with Crippen LogP contribution in [0.4, 0.5) is 0 Å². The normalized spacial score (nSPS) is 10.9. The van der Waals surface area contributed by atoms with E-state index in [2.05, 4.69) is 18.0 Å². The molecule has 0 aliphatic heterocycles. The van der Waals surface area contributed by atoms with Crippen molar-refractivity contribution in [1.82, 2.24) is 9.55 Å². The largest absolute Gasteiger partial charge is 0.281 e. The molecule has 0 atom stereocenters. The molecule has 0 aliphatic carbocycles. The topological polar surface area (TPSA) is 34.9 Å². The average Bonchev–Trinajstić information content (AvgIpc) is 2.68. The predicted octanol–water partition coefficient (Wildman–Crippen LogP) is 4.62. The maximum Gasteiger partial charge on any atom is 0.263 e. The molecule has 0 radical (unpaired) electrons. The second-order valence-electron chi connectivity index (χ2n) is 5.97. The van der Waals surface area contributed by atoms with Crippen molar-refractivity contribution in [2.24, 2.45) is 0 Å². The van der Waals surface area contributed by atoms with Gasteiger partial charge in [0.15, 0.2) is 0 Å². The fraction of sp³-hybridized carbons (Fsp3) is 0.0909. The SMILES string of the molecule is CCc1cc2cccc(-c3ccncc3)c2c(=O)n1-c1ccccc1. The lowest BCUT2D eigenvalue weighted by Gasteiger charge is -2.15. The van der Waals surface area contributed by atoms with Crippen LogP contribution in [0.15, 0.2) is 83.9 Å². The van der Waals surface area contributed by atoms with E-state index in [-0.39, 0.29) is 5.56 Å². The first-order chi connectivity index (χ1) is 12.3. The summed E-state index contributed by atoms with van der Waals surface area (Å²) < 4.78 is 1.83. The predicted molar refractivity (Wildman–Crippen MR) is 102 cm³/mol. The van der Waals surface area contributed by atoms with Crippen LogP contribution in [0, 0.1) is 0 Å². The molecular weight excluding hydrogens is 308 g/mol. The summed E-state index contributed by atoms with van der Waals surface area (Å²) in [6, 6.07) is 21.8. The Balaban J connectivity index is 2.11.